The maximum atomic E-state index is 5.78. The molecule has 1 unspecified atom stereocenters. The molecular weight excluding hydrogens is 226 g/mol. The van der Waals surface area contributed by atoms with Gasteiger partial charge in [-0.25, -0.2) is 9.97 Å². The SMILES string of the molecule is COc1nccnc1-c1ccc(CC(C)N)cc1. The highest BCUT2D eigenvalue weighted by Gasteiger charge is 2.08. The molecule has 0 aliphatic carbocycles. The van der Waals surface area contributed by atoms with Crippen molar-refractivity contribution in [3.05, 3.63) is 42.2 Å². The van der Waals surface area contributed by atoms with Gasteiger partial charge in [0.05, 0.1) is 7.11 Å². The maximum Gasteiger partial charge on any atom is 0.240 e. The van der Waals surface area contributed by atoms with Gasteiger partial charge in [0.25, 0.3) is 0 Å². The van der Waals surface area contributed by atoms with E-state index in [1.807, 2.05) is 19.1 Å². The summed E-state index contributed by atoms with van der Waals surface area (Å²) >= 11 is 0. The van der Waals surface area contributed by atoms with E-state index in [9.17, 15) is 0 Å². The molecule has 1 aromatic heterocycles. The molecule has 18 heavy (non-hydrogen) atoms. The van der Waals surface area contributed by atoms with E-state index in [4.69, 9.17) is 10.5 Å². The molecule has 2 rings (SSSR count). The first-order valence-electron chi connectivity index (χ1n) is 5.90. The van der Waals surface area contributed by atoms with E-state index >= 15 is 0 Å². The van der Waals surface area contributed by atoms with Gasteiger partial charge in [0.2, 0.25) is 5.88 Å². The number of benzene rings is 1. The van der Waals surface area contributed by atoms with Gasteiger partial charge in [-0.3, -0.25) is 0 Å². The Morgan fingerprint density at radius 1 is 1.17 bits per heavy atom. The number of nitrogens with zero attached hydrogens (tertiary/aromatic N) is 2. The Balaban J connectivity index is 2.28. The standard InChI is InChI=1S/C14H17N3O/c1-10(15)9-11-3-5-12(6-4-11)13-14(18-2)17-8-7-16-13/h3-8,10H,9,15H2,1-2H3. The fourth-order valence-electron chi connectivity index (χ4n) is 1.84. The minimum atomic E-state index is 0.168. The predicted octanol–water partition coefficient (Wildman–Crippen LogP) is 2.04. The van der Waals surface area contributed by atoms with Gasteiger partial charge in [-0.15, -0.1) is 0 Å². The summed E-state index contributed by atoms with van der Waals surface area (Å²) < 4.78 is 5.20. The van der Waals surface area contributed by atoms with Crippen LogP contribution in [0.25, 0.3) is 11.3 Å². The number of nitrogens with two attached hydrogens (primary N) is 1. The summed E-state index contributed by atoms with van der Waals surface area (Å²) in [6.07, 6.45) is 4.15. The average Bonchev–Trinajstić information content (AvgIpc) is 2.39. The monoisotopic (exact) mass is 243 g/mol. The summed E-state index contributed by atoms with van der Waals surface area (Å²) in [5, 5.41) is 0. The van der Waals surface area contributed by atoms with Gasteiger partial charge in [0, 0.05) is 24.0 Å². The van der Waals surface area contributed by atoms with Gasteiger partial charge in [0.15, 0.2) is 0 Å². The van der Waals surface area contributed by atoms with Crippen molar-refractivity contribution in [1.29, 1.82) is 0 Å². The molecule has 0 bridgehead atoms. The Bertz CT molecular complexity index is 509. The van der Waals surface area contributed by atoms with Gasteiger partial charge in [-0.1, -0.05) is 24.3 Å². The quantitative estimate of drug-likeness (QED) is 0.892. The molecular formula is C14H17N3O. The normalized spacial score (nSPS) is 12.2. The molecule has 0 aliphatic heterocycles. The summed E-state index contributed by atoms with van der Waals surface area (Å²) in [6.45, 7) is 2.00. The van der Waals surface area contributed by atoms with Crippen molar-refractivity contribution < 1.29 is 4.74 Å². The van der Waals surface area contributed by atoms with Gasteiger partial charge in [-0.05, 0) is 18.9 Å². The lowest BCUT2D eigenvalue weighted by atomic mass is 10.0. The van der Waals surface area contributed by atoms with Crippen LogP contribution in [0, 0.1) is 0 Å². The first-order valence-corrected chi connectivity index (χ1v) is 5.90. The van der Waals surface area contributed by atoms with Gasteiger partial charge < -0.3 is 10.5 Å². The van der Waals surface area contributed by atoms with E-state index in [2.05, 4.69) is 22.1 Å². The van der Waals surface area contributed by atoms with Crippen LogP contribution in [0.15, 0.2) is 36.7 Å². The predicted molar refractivity (Wildman–Crippen MR) is 71.4 cm³/mol. The Morgan fingerprint density at radius 2 is 1.83 bits per heavy atom. The number of hydrogen-bond donors (Lipinski definition) is 1. The molecule has 4 nitrogen and oxygen atoms in total. The number of aromatic nitrogens is 2. The second kappa shape index (κ2) is 5.60. The van der Waals surface area contributed by atoms with Gasteiger partial charge in [0.1, 0.15) is 5.69 Å². The third-order valence-electron chi connectivity index (χ3n) is 2.64. The largest absolute Gasteiger partial charge is 0.479 e. The van der Waals surface area contributed by atoms with Crippen LogP contribution < -0.4 is 10.5 Å². The molecule has 4 heteroatoms. The number of hydrogen-bond acceptors (Lipinski definition) is 4. The molecule has 0 spiro atoms. The maximum absolute atomic E-state index is 5.78. The lowest BCUT2D eigenvalue weighted by Gasteiger charge is -2.08. The fourth-order valence-corrected chi connectivity index (χ4v) is 1.84. The Labute approximate surface area is 107 Å². The molecule has 0 amide bonds. The average molecular weight is 243 g/mol. The smallest absolute Gasteiger partial charge is 0.240 e. The molecule has 0 saturated carbocycles. The van der Waals surface area contributed by atoms with Crippen LogP contribution in [-0.4, -0.2) is 23.1 Å². The Morgan fingerprint density at radius 3 is 2.44 bits per heavy atom. The zero-order valence-electron chi connectivity index (χ0n) is 10.6. The molecule has 2 N–H and O–H groups in total. The molecule has 1 heterocycles. The molecule has 1 atom stereocenters. The zero-order chi connectivity index (χ0) is 13.0. The van der Waals surface area contributed by atoms with Crippen molar-refractivity contribution in [3.8, 4) is 17.1 Å². The number of ether oxygens (including phenoxy) is 1. The topological polar surface area (TPSA) is 61.0 Å². The minimum Gasteiger partial charge on any atom is -0.479 e. The molecule has 0 radical (unpaired) electrons. The minimum absolute atomic E-state index is 0.168. The van der Waals surface area contributed by atoms with Crippen molar-refractivity contribution in [2.45, 2.75) is 19.4 Å². The first kappa shape index (κ1) is 12.5. The summed E-state index contributed by atoms with van der Waals surface area (Å²) in [5.41, 5.74) is 8.75. The molecule has 0 aliphatic rings. The molecule has 94 valence electrons. The van der Waals surface area contributed by atoms with E-state index in [0.29, 0.717) is 5.88 Å². The lowest BCUT2D eigenvalue weighted by Crippen LogP contribution is -2.17. The van der Waals surface area contributed by atoms with E-state index < -0.39 is 0 Å². The highest BCUT2D eigenvalue weighted by Crippen LogP contribution is 2.25. The fraction of sp³-hybridized carbons (Fsp3) is 0.286. The van der Waals surface area contributed by atoms with E-state index in [1.165, 1.54) is 5.56 Å². The number of rotatable bonds is 4. The highest BCUT2D eigenvalue weighted by atomic mass is 16.5. The van der Waals surface area contributed by atoms with Crippen molar-refractivity contribution in [2.24, 2.45) is 5.73 Å². The summed E-state index contributed by atoms with van der Waals surface area (Å²) in [6, 6.07) is 8.33. The number of methoxy groups -OCH3 is 1. The molecule has 2 aromatic rings. The van der Waals surface area contributed by atoms with Gasteiger partial charge >= 0.3 is 0 Å². The van der Waals surface area contributed by atoms with Crippen LogP contribution in [0.4, 0.5) is 0 Å². The zero-order valence-corrected chi connectivity index (χ0v) is 10.6. The Kier molecular flexibility index (Phi) is 3.89. The Hall–Kier alpha value is -1.94. The van der Waals surface area contributed by atoms with Crippen LogP contribution in [0.1, 0.15) is 12.5 Å². The van der Waals surface area contributed by atoms with Crippen molar-refractivity contribution in [3.63, 3.8) is 0 Å². The highest BCUT2D eigenvalue weighted by molar-refractivity contribution is 5.64. The summed E-state index contributed by atoms with van der Waals surface area (Å²) in [5.74, 6) is 0.539. The van der Waals surface area contributed by atoms with Crippen LogP contribution in [0.3, 0.4) is 0 Å². The van der Waals surface area contributed by atoms with Crippen LogP contribution >= 0.6 is 0 Å². The molecule has 1 aromatic carbocycles. The van der Waals surface area contributed by atoms with Crippen molar-refractivity contribution >= 4 is 0 Å². The summed E-state index contributed by atoms with van der Waals surface area (Å²) in [7, 11) is 1.60. The molecule has 0 fully saturated rings. The van der Waals surface area contributed by atoms with E-state index in [0.717, 1.165) is 17.7 Å². The van der Waals surface area contributed by atoms with Crippen molar-refractivity contribution in [2.75, 3.05) is 7.11 Å². The van der Waals surface area contributed by atoms with Crippen LogP contribution in [0.5, 0.6) is 5.88 Å². The van der Waals surface area contributed by atoms with Crippen molar-refractivity contribution in [1.82, 2.24) is 9.97 Å². The van der Waals surface area contributed by atoms with Gasteiger partial charge in [-0.2, -0.15) is 0 Å². The van der Waals surface area contributed by atoms with Crippen LogP contribution in [0.2, 0.25) is 0 Å². The first-order chi connectivity index (χ1) is 8.70. The van der Waals surface area contributed by atoms with Crippen LogP contribution in [-0.2, 0) is 6.42 Å². The van der Waals surface area contributed by atoms with E-state index in [-0.39, 0.29) is 6.04 Å². The molecule has 0 saturated heterocycles. The second-order valence-corrected chi connectivity index (χ2v) is 4.29. The lowest BCUT2D eigenvalue weighted by molar-refractivity contribution is 0.398. The van der Waals surface area contributed by atoms with E-state index in [1.54, 1.807) is 19.5 Å². The second-order valence-electron chi connectivity index (χ2n) is 4.29. The summed E-state index contributed by atoms with van der Waals surface area (Å²) in [4.78, 5) is 8.44. The third-order valence-corrected chi connectivity index (χ3v) is 2.64. The third kappa shape index (κ3) is 2.84.